The zero-order chi connectivity index (χ0) is 13.8. The molecule has 0 aromatic carbocycles. The first kappa shape index (κ1) is 14.2. The fraction of sp³-hybridized carbons (Fsp3) is 0.571. The van der Waals surface area contributed by atoms with Gasteiger partial charge in [-0.2, -0.15) is 0 Å². The van der Waals surface area contributed by atoms with Crippen LogP contribution in [0.4, 0.5) is 5.82 Å². The number of nitrogens with zero attached hydrogens (tertiary/aromatic N) is 1. The van der Waals surface area contributed by atoms with Crippen LogP contribution in [-0.4, -0.2) is 29.7 Å². The van der Waals surface area contributed by atoms with Crippen molar-refractivity contribution in [2.45, 2.75) is 38.6 Å². The molecule has 2 rings (SSSR count). The van der Waals surface area contributed by atoms with E-state index in [-0.39, 0.29) is 6.04 Å². The van der Waals surface area contributed by atoms with Gasteiger partial charge in [0.2, 0.25) is 0 Å². The Hall–Kier alpha value is -1.20. The van der Waals surface area contributed by atoms with Crippen molar-refractivity contribution in [3.63, 3.8) is 0 Å². The van der Waals surface area contributed by atoms with Gasteiger partial charge in [-0.15, -0.1) is 0 Å². The summed E-state index contributed by atoms with van der Waals surface area (Å²) in [6.45, 7) is 2.67. The van der Waals surface area contributed by atoms with Gasteiger partial charge in [0.15, 0.2) is 0 Å². The predicted octanol–water partition coefficient (Wildman–Crippen LogP) is 2.04. The molecule has 5 heteroatoms. The highest BCUT2D eigenvalue weighted by Crippen LogP contribution is 2.25. The number of hydrogen-bond donors (Lipinski definition) is 2. The van der Waals surface area contributed by atoms with Crippen LogP contribution in [0.15, 0.2) is 6.07 Å². The maximum absolute atomic E-state index is 5.82. The lowest BCUT2D eigenvalue weighted by Gasteiger charge is -2.21. The molecule has 1 heterocycles. The van der Waals surface area contributed by atoms with Gasteiger partial charge >= 0.3 is 0 Å². The van der Waals surface area contributed by atoms with Crippen molar-refractivity contribution >= 4 is 23.0 Å². The molecule has 4 nitrogen and oxygen atoms in total. The van der Waals surface area contributed by atoms with Gasteiger partial charge in [0, 0.05) is 18.8 Å². The summed E-state index contributed by atoms with van der Waals surface area (Å²) < 4.78 is 5.13. The van der Waals surface area contributed by atoms with E-state index in [1.807, 2.05) is 6.92 Å². The second kappa shape index (κ2) is 6.30. The van der Waals surface area contributed by atoms with Gasteiger partial charge in [-0.25, -0.2) is 4.98 Å². The first-order valence-electron chi connectivity index (χ1n) is 6.70. The smallest absolute Gasteiger partial charge is 0.136 e. The highest BCUT2D eigenvalue weighted by atomic mass is 32.1. The summed E-state index contributed by atoms with van der Waals surface area (Å²) >= 11 is 5.14. The SMILES string of the molecule is COCC(C)Nc1nc2c(cc1C(N)=S)CCCC2. The van der Waals surface area contributed by atoms with E-state index in [2.05, 4.69) is 11.4 Å². The molecule has 0 bridgehead atoms. The number of fused-ring (bicyclic) bond motifs is 1. The second-order valence-electron chi connectivity index (χ2n) is 5.06. The van der Waals surface area contributed by atoms with Gasteiger partial charge in [0.1, 0.15) is 10.8 Å². The van der Waals surface area contributed by atoms with Crippen molar-refractivity contribution in [1.82, 2.24) is 4.98 Å². The molecular weight excluding hydrogens is 258 g/mol. The number of ether oxygens (including phenoxy) is 1. The quantitative estimate of drug-likeness (QED) is 0.808. The van der Waals surface area contributed by atoms with E-state index in [1.165, 1.54) is 24.1 Å². The van der Waals surface area contributed by atoms with Crippen LogP contribution < -0.4 is 11.1 Å². The number of rotatable bonds is 5. The van der Waals surface area contributed by atoms with Crippen LogP contribution in [0.25, 0.3) is 0 Å². The topological polar surface area (TPSA) is 60.2 Å². The number of thiocarbonyl (C=S) groups is 1. The normalized spacial score (nSPS) is 15.7. The zero-order valence-corrected chi connectivity index (χ0v) is 12.3. The molecule has 0 fully saturated rings. The number of pyridine rings is 1. The van der Waals surface area contributed by atoms with E-state index in [1.54, 1.807) is 7.11 Å². The van der Waals surface area contributed by atoms with Crippen LogP contribution >= 0.6 is 12.2 Å². The van der Waals surface area contributed by atoms with Gasteiger partial charge < -0.3 is 15.8 Å². The Kier molecular flexibility index (Phi) is 4.71. The van der Waals surface area contributed by atoms with Crippen LogP contribution in [0.5, 0.6) is 0 Å². The van der Waals surface area contributed by atoms with E-state index in [4.69, 9.17) is 27.7 Å². The molecule has 0 aliphatic heterocycles. The Morgan fingerprint density at radius 1 is 1.53 bits per heavy atom. The Morgan fingerprint density at radius 2 is 2.26 bits per heavy atom. The number of anilines is 1. The van der Waals surface area contributed by atoms with E-state index >= 15 is 0 Å². The number of hydrogen-bond acceptors (Lipinski definition) is 4. The maximum Gasteiger partial charge on any atom is 0.136 e. The first-order valence-corrected chi connectivity index (χ1v) is 7.10. The molecule has 1 atom stereocenters. The Balaban J connectivity index is 2.31. The molecule has 0 amide bonds. The second-order valence-corrected chi connectivity index (χ2v) is 5.50. The van der Waals surface area contributed by atoms with Gasteiger partial charge in [0.25, 0.3) is 0 Å². The number of nitrogens with two attached hydrogens (primary N) is 1. The average Bonchev–Trinajstić information content (AvgIpc) is 2.38. The molecule has 1 unspecified atom stereocenters. The molecule has 1 aromatic rings. The van der Waals surface area contributed by atoms with Crippen molar-refractivity contribution in [1.29, 1.82) is 0 Å². The van der Waals surface area contributed by atoms with Gasteiger partial charge in [-0.1, -0.05) is 12.2 Å². The minimum absolute atomic E-state index is 0.173. The van der Waals surface area contributed by atoms with Gasteiger partial charge in [0.05, 0.1) is 12.2 Å². The van der Waals surface area contributed by atoms with E-state index in [9.17, 15) is 0 Å². The fourth-order valence-electron chi connectivity index (χ4n) is 2.46. The van der Waals surface area contributed by atoms with E-state index < -0.39 is 0 Å². The van der Waals surface area contributed by atoms with Crippen LogP contribution in [0.3, 0.4) is 0 Å². The average molecular weight is 279 g/mol. The van der Waals surface area contributed by atoms with Crippen LogP contribution in [0, 0.1) is 0 Å². The standard InChI is InChI=1S/C14H21N3OS/c1-9(8-18-2)16-14-11(13(15)19)7-10-5-3-4-6-12(10)17-14/h7,9H,3-6,8H2,1-2H3,(H2,15,19)(H,16,17). The molecule has 0 radical (unpaired) electrons. The zero-order valence-electron chi connectivity index (χ0n) is 11.5. The number of methoxy groups -OCH3 is 1. The monoisotopic (exact) mass is 279 g/mol. The Labute approximate surface area is 119 Å². The molecule has 104 valence electrons. The lowest BCUT2D eigenvalue weighted by atomic mass is 9.94. The highest BCUT2D eigenvalue weighted by molar-refractivity contribution is 7.80. The van der Waals surface area contributed by atoms with Crippen molar-refractivity contribution in [2.75, 3.05) is 19.0 Å². The maximum atomic E-state index is 5.82. The molecule has 1 aliphatic carbocycles. The molecule has 0 saturated heterocycles. The Morgan fingerprint density at radius 3 is 2.95 bits per heavy atom. The summed E-state index contributed by atoms with van der Waals surface area (Å²) in [6.07, 6.45) is 4.55. The fourth-order valence-corrected chi connectivity index (χ4v) is 2.61. The van der Waals surface area contributed by atoms with E-state index in [0.717, 1.165) is 24.2 Å². The van der Waals surface area contributed by atoms with Gasteiger partial charge in [-0.3, -0.25) is 0 Å². The number of aromatic nitrogens is 1. The summed E-state index contributed by atoms with van der Waals surface area (Å²) in [4.78, 5) is 5.12. The summed E-state index contributed by atoms with van der Waals surface area (Å²) in [6, 6.07) is 2.28. The van der Waals surface area contributed by atoms with Crippen molar-refractivity contribution in [3.05, 3.63) is 22.9 Å². The molecular formula is C14H21N3OS. The number of aryl methyl sites for hydroxylation is 2. The van der Waals surface area contributed by atoms with Crippen LogP contribution in [0.2, 0.25) is 0 Å². The Bertz CT molecular complexity index is 476. The summed E-state index contributed by atoms with van der Waals surface area (Å²) in [5.41, 5.74) is 9.13. The molecule has 19 heavy (non-hydrogen) atoms. The third-order valence-corrected chi connectivity index (χ3v) is 3.59. The minimum atomic E-state index is 0.173. The summed E-state index contributed by atoms with van der Waals surface area (Å²) in [7, 11) is 1.69. The summed E-state index contributed by atoms with van der Waals surface area (Å²) in [5.74, 6) is 0.790. The van der Waals surface area contributed by atoms with Crippen molar-refractivity contribution in [3.8, 4) is 0 Å². The van der Waals surface area contributed by atoms with Gasteiger partial charge in [-0.05, 0) is 44.2 Å². The van der Waals surface area contributed by atoms with Crippen molar-refractivity contribution < 1.29 is 4.74 Å². The molecule has 1 aromatic heterocycles. The predicted molar refractivity (Wildman–Crippen MR) is 81.7 cm³/mol. The first-order chi connectivity index (χ1) is 9.11. The lowest BCUT2D eigenvalue weighted by molar-refractivity contribution is 0.190. The third kappa shape index (κ3) is 3.42. The molecule has 1 aliphatic rings. The summed E-state index contributed by atoms with van der Waals surface area (Å²) in [5, 5.41) is 3.34. The van der Waals surface area contributed by atoms with Crippen molar-refractivity contribution in [2.24, 2.45) is 5.73 Å². The highest BCUT2D eigenvalue weighted by Gasteiger charge is 2.17. The molecule has 3 N–H and O–H groups in total. The molecule has 0 spiro atoms. The largest absolute Gasteiger partial charge is 0.389 e. The molecule has 0 saturated carbocycles. The third-order valence-electron chi connectivity index (χ3n) is 3.37. The van der Waals surface area contributed by atoms with Crippen LogP contribution in [0.1, 0.15) is 36.6 Å². The minimum Gasteiger partial charge on any atom is -0.389 e. The van der Waals surface area contributed by atoms with Crippen LogP contribution in [-0.2, 0) is 17.6 Å². The lowest BCUT2D eigenvalue weighted by Crippen LogP contribution is -2.25. The number of nitrogens with one attached hydrogen (secondary N) is 1. The van der Waals surface area contributed by atoms with E-state index in [0.29, 0.717) is 11.6 Å².